The Bertz CT molecular complexity index is 1040. The standard InChI is InChI=1S/C19H17ClFN7/c1-27-12-24-26-18(27)19(21)4-7-28(8-5-19)16-14(10-22)9-15(25-17(16)20)13-3-2-6-23-11-13/h2-3,6,9,11-12H,4-5,7-8H2,1H3. The van der Waals surface area contributed by atoms with Crippen LogP contribution in [0.1, 0.15) is 24.2 Å². The van der Waals surface area contributed by atoms with Gasteiger partial charge in [-0.2, -0.15) is 5.26 Å². The van der Waals surface area contributed by atoms with Gasteiger partial charge < -0.3 is 9.47 Å². The van der Waals surface area contributed by atoms with Crippen molar-refractivity contribution in [3.63, 3.8) is 0 Å². The Labute approximate surface area is 166 Å². The maximum absolute atomic E-state index is 15.4. The third-order valence-corrected chi connectivity index (χ3v) is 5.28. The van der Waals surface area contributed by atoms with Crippen molar-refractivity contribution >= 4 is 17.3 Å². The van der Waals surface area contributed by atoms with Gasteiger partial charge in [0.25, 0.3) is 0 Å². The fourth-order valence-corrected chi connectivity index (χ4v) is 3.86. The van der Waals surface area contributed by atoms with E-state index in [-0.39, 0.29) is 18.0 Å². The van der Waals surface area contributed by atoms with Gasteiger partial charge in [0.05, 0.1) is 16.9 Å². The number of aromatic nitrogens is 5. The first-order chi connectivity index (χ1) is 13.5. The van der Waals surface area contributed by atoms with Gasteiger partial charge in [0, 0.05) is 50.9 Å². The molecule has 7 nitrogen and oxygen atoms in total. The third-order valence-electron chi connectivity index (χ3n) is 5.01. The summed E-state index contributed by atoms with van der Waals surface area (Å²) < 4.78 is 17.0. The second-order valence-electron chi connectivity index (χ2n) is 6.77. The molecule has 28 heavy (non-hydrogen) atoms. The molecule has 0 amide bonds. The number of anilines is 1. The van der Waals surface area contributed by atoms with E-state index in [1.54, 1.807) is 36.1 Å². The fraction of sp³-hybridized carbons (Fsp3) is 0.316. The average molecular weight is 398 g/mol. The molecule has 0 atom stereocenters. The Morgan fingerprint density at radius 2 is 2.11 bits per heavy atom. The number of hydrogen-bond acceptors (Lipinski definition) is 6. The van der Waals surface area contributed by atoms with Crippen LogP contribution in [0, 0.1) is 11.3 Å². The average Bonchev–Trinajstić information content (AvgIpc) is 3.16. The monoisotopic (exact) mass is 397 g/mol. The number of nitrogens with zero attached hydrogens (tertiary/aromatic N) is 7. The molecule has 0 bridgehead atoms. The summed E-state index contributed by atoms with van der Waals surface area (Å²) >= 11 is 6.45. The SMILES string of the molecule is Cn1cnnc1C1(F)CCN(c2c(C#N)cc(-c3cccnc3)nc2Cl)CC1. The maximum atomic E-state index is 15.4. The number of rotatable bonds is 3. The van der Waals surface area contributed by atoms with Crippen LogP contribution < -0.4 is 4.90 Å². The van der Waals surface area contributed by atoms with E-state index in [0.717, 1.165) is 5.56 Å². The van der Waals surface area contributed by atoms with E-state index in [9.17, 15) is 5.26 Å². The van der Waals surface area contributed by atoms with E-state index in [4.69, 9.17) is 11.6 Å². The third kappa shape index (κ3) is 3.18. The number of halogens is 2. The van der Waals surface area contributed by atoms with Crippen LogP contribution >= 0.6 is 11.6 Å². The molecule has 142 valence electrons. The topological polar surface area (TPSA) is 83.5 Å². The molecule has 0 N–H and O–H groups in total. The quantitative estimate of drug-likeness (QED) is 0.631. The number of alkyl halides is 1. The molecular weight excluding hydrogens is 381 g/mol. The second-order valence-corrected chi connectivity index (χ2v) is 7.12. The van der Waals surface area contributed by atoms with Crippen molar-refractivity contribution in [3.05, 3.63) is 53.5 Å². The van der Waals surface area contributed by atoms with E-state index in [1.807, 2.05) is 11.0 Å². The summed E-state index contributed by atoms with van der Waals surface area (Å²) in [6.07, 6.45) is 5.28. The predicted octanol–water partition coefficient (Wildman–Crippen LogP) is 3.26. The number of pyridine rings is 2. The summed E-state index contributed by atoms with van der Waals surface area (Å²) in [7, 11) is 1.73. The molecule has 0 unspecified atom stereocenters. The zero-order valence-electron chi connectivity index (χ0n) is 15.2. The Morgan fingerprint density at radius 3 is 2.71 bits per heavy atom. The minimum absolute atomic E-state index is 0.225. The number of hydrogen-bond donors (Lipinski definition) is 0. The van der Waals surface area contributed by atoms with E-state index < -0.39 is 5.67 Å². The summed E-state index contributed by atoms with van der Waals surface area (Å²) in [5.74, 6) is 0.323. The van der Waals surface area contributed by atoms with Crippen molar-refractivity contribution < 1.29 is 4.39 Å². The van der Waals surface area contributed by atoms with Crippen molar-refractivity contribution in [1.29, 1.82) is 5.26 Å². The molecule has 3 aromatic heterocycles. The van der Waals surface area contributed by atoms with Crippen LogP contribution in [-0.2, 0) is 12.7 Å². The van der Waals surface area contributed by atoms with Crippen molar-refractivity contribution in [3.8, 4) is 17.3 Å². The maximum Gasteiger partial charge on any atom is 0.173 e. The number of aryl methyl sites for hydroxylation is 1. The number of piperidine rings is 1. The Morgan fingerprint density at radius 1 is 1.32 bits per heavy atom. The van der Waals surface area contributed by atoms with Gasteiger partial charge in [0.15, 0.2) is 16.6 Å². The summed E-state index contributed by atoms with van der Waals surface area (Å²) in [6.45, 7) is 0.789. The highest BCUT2D eigenvalue weighted by atomic mass is 35.5. The van der Waals surface area contributed by atoms with Crippen LogP contribution in [0.2, 0.25) is 5.15 Å². The zero-order valence-corrected chi connectivity index (χ0v) is 15.9. The summed E-state index contributed by atoms with van der Waals surface area (Å²) in [5, 5.41) is 17.6. The van der Waals surface area contributed by atoms with Crippen molar-refractivity contribution in [1.82, 2.24) is 24.7 Å². The molecule has 1 aliphatic rings. The number of nitriles is 1. The molecule has 3 aromatic rings. The van der Waals surface area contributed by atoms with Gasteiger partial charge in [-0.15, -0.1) is 10.2 Å². The largest absolute Gasteiger partial charge is 0.368 e. The van der Waals surface area contributed by atoms with E-state index in [2.05, 4.69) is 26.2 Å². The molecule has 1 fully saturated rings. The summed E-state index contributed by atoms with van der Waals surface area (Å²) in [6, 6.07) is 7.53. The van der Waals surface area contributed by atoms with Gasteiger partial charge >= 0.3 is 0 Å². The second kappa shape index (κ2) is 7.17. The molecule has 0 aromatic carbocycles. The zero-order chi connectivity index (χ0) is 19.7. The van der Waals surface area contributed by atoms with Gasteiger partial charge in [-0.1, -0.05) is 11.6 Å². The lowest BCUT2D eigenvalue weighted by Gasteiger charge is -2.37. The van der Waals surface area contributed by atoms with Crippen LogP contribution in [-0.4, -0.2) is 37.8 Å². The molecular formula is C19H17ClFN7. The van der Waals surface area contributed by atoms with E-state index in [1.165, 1.54) is 6.33 Å². The van der Waals surface area contributed by atoms with Crippen LogP contribution in [0.4, 0.5) is 10.1 Å². The first kappa shape index (κ1) is 18.3. The van der Waals surface area contributed by atoms with Crippen molar-refractivity contribution in [2.75, 3.05) is 18.0 Å². The predicted molar refractivity (Wildman–Crippen MR) is 102 cm³/mol. The van der Waals surface area contributed by atoms with Gasteiger partial charge in [-0.05, 0) is 18.2 Å². The van der Waals surface area contributed by atoms with Gasteiger partial charge in [-0.25, -0.2) is 9.37 Å². The smallest absolute Gasteiger partial charge is 0.173 e. The van der Waals surface area contributed by atoms with Crippen LogP contribution in [0.3, 0.4) is 0 Å². The summed E-state index contributed by atoms with van der Waals surface area (Å²) in [4.78, 5) is 10.4. The van der Waals surface area contributed by atoms with Crippen LogP contribution in [0.5, 0.6) is 0 Å². The van der Waals surface area contributed by atoms with E-state index >= 15 is 4.39 Å². The molecule has 4 heterocycles. The van der Waals surface area contributed by atoms with Crippen molar-refractivity contribution in [2.45, 2.75) is 18.5 Å². The van der Waals surface area contributed by atoms with Crippen LogP contribution in [0.15, 0.2) is 36.9 Å². The van der Waals surface area contributed by atoms with Gasteiger partial charge in [-0.3, -0.25) is 4.98 Å². The lowest BCUT2D eigenvalue weighted by atomic mass is 9.91. The van der Waals surface area contributed by atoms with Gasteiger partial charge in [0.1, 0.15) is 12.4 Å². The summed E-state index contributed by atoms with van der Waals surface area (Å²) in [5.41, 5.74) is 0.746. The lowest BCUT2D eigenvalue weighted by molar-refractivity contribution is 0.109. The highest BCUT2D eigenvalue weighted by molar-refractivity contribution is 6.32. The first-order valence-electron chi connectivity index (χ1n) is 8.81. The normalized spacial score (nSPS) is 16.0. The Hall–Kier alpha value is -3.05. The van der Waals surface area contributed by atoms with Crippen molar-refractivity contribution in [2.24, 2.45) is 7.05 Å². The molecule has 4 rings (SSSR count). The highest BCUT2D eigenvalue weighted by Gasteiger charge is 2.41. The van der Waals surface area contributed by atoms with E-state index in [0.29, 0.717) is 35.9 Å². The highest BCUT2D eigenvalue weighted by Crippen LogP contribution is 2.40. The fourth-order valence-electron chi connectivity index (χ4n) is 3.55. The molecule has 1 saturated heterocycles. The lowest BCUT2D eigenvalue weighted by Crippen LogP contribution is -2.42. The molecule has 1 aliphatic heterocycles. The molecule has 0 radical (unpaired) electrons. The molecule has 0 spiro atoms. The van der Waals surface area contributed by atoms with Gasteiger partial charge in [0.2, 0.25) is 0 Å². The minimum Gasteiger partial charge on any atom is -0.368 e. The Balaban J connectivity index is 1.62. The Kier molecular flexibility index (Phi) is 4.69. The van der Waals surface area contributed by atoms with Crippen LogP contribution in [0.25, 0.3) is 11.3 Å². The molecule has 0 saturated carbocycles. The molecule has 9 heteroatoms. The minimum atomic E-state index is -1.55. The first-order valence-corrected chi connectivity index (χ1v) is 9.19. The molecule has 0 aliphatic carbocycles.